The van der Waals surface area contributed by atoms with E-state index in [1.54, 1.807) is 6.07 Å². The van der Waals surface area contributed by atoms with Crippen molar-refractivity contribution in [3.63, 3.8) is 0 Å². The first-order chi connectivity index (χ1) is 12.9. The Morgan fingerprint density at radius 2 is 2.04 bits per heavy atom. The summed E-state index contributed by atoms with van der Waals surface area (Å²) in [6.45, 7) is 8.32. The van der Waals surface area contributed by atoms with E-state index in [0.29, 0.717) is 18.1 Å². The molecule has 0 spiro atoms. The first-order valence-corrected chi connectivity index (χ1v) is 10.6. The zero-order valence-corrected chi connectivity index (χ0v) is 17.0. The van der Waals surface area contributed by atoms with Gasteiger partial charge >= 0.3 is 0 Å². The molecule has 1 aromatic carbocycles. The van der Waals surface area contributed by atoms with Crippen LogP contribution in [0.3, 0.4) is 0 Å². The number of benzene rings is 1. The maximum Gasteiger partial charge on any atom is 0.248 e. The summed E-state index contributed by atoms with van der Waals surface area (Å²) in [5, 5.41) is 9.81. The van der Waals surface area contributed by atoms with Crippen molar-refractivity contribution in [2.24, 2.45) is 17.1 Å². The van der Waals surface area contributed by atoms with E-state index in [1.165, 1.54) is 37.7 Å². The van der Waals surface area contributed by atoms with Gasteiger partial charge in [0.15, 0.2) is 0 Å². The zero-order chi connectivity index (χ0) is 19.5. The van der Waals surface area contributed by atoms with E-state index in [4.69, 9.17) is 5.73 Å². The van der Waals surface area contributed by atoms with Gasteiger partial charge in [-0.1, -0.05) is 38.8 Å². The first kappa shape index (κ1) is 20.3. The van der Waals surface area contributed by atoms with Gasteiger partial charge in [0.25, 0.3) is 0 Å². The summed E-state index contributed by atoms with van der Waals surface area (Å²) >= 11 is 0. The molecule has 1 saturated carbocycles. The largest absolute Gasteiger partial charge is 0.396 e. The summed E-state index contributed by atoms with van der Waals surface area (Å²) in [6.07, 6.45) is 8.41. The maximum absolute atomic E-state index is 11.5. The number of primary amides is 1. The number of hydrogen-bond donors (Lipinski definition) is 2. The van der Waals surface area contributed by atoms with Crippen molar-refractivity contribution >= 4 is 5.91 Å². The number of nitrogens with zero attached hydrogens (tertiary/aromatic N) is 1. The standard InChI is InChI=1S/C23H36N2O2/c1-18-16-25(13-6-11-23(17-26)9-3-4-10-23)14-12-22(18,2)20-8-5-7-19(15-20)21(24)27/h5,7-8,15,18,26H,3-4,6,9-14,16-17H2,1-2H3,(H2,24,27)/t18-,22+/m1/s1. The van der Waals surface area contributed by atoms with Gasteiger partial charge in [-0.25, -0.2) is 0 Å². The van der Waals surface area contributed by atoms with Gasteiger partial charge in [0, 0.05) is 18.7 Å². The number of likely N-dealkylation sites (tertiary alicyclic amines) is 1. The van der Waals surface area contributed by atoms with Gasteiger partial charge in [-0.3, -0.25) is 4.79 Å². The van der Waals surface area contributed by atoms with E-state index in [9.17, 15) is 9.90 Å². The first-order valence-electron chi connectivity index (χ1n) is 10.6. The van der Waals surface area contributed by atoms with Gasteiger partial charge in [0.05, 0.1) is 0 Å². The molecule has 0 radical (unpaired) electrons. The molecule has 1 heterocycles. The lowest BCUT2D eigenvalue weighted by atomic mass is 9.67. The number of amides is 1. The number of rotatable bonds is 7. The lowest BCUT2D eigenvalue weighted by Crippen LogP contribution is -2.47. The van der Waals surface area contributed by atoms with Crippen LogP contribution >= 0.6 is 0 Å². The Balaban J connectivity index is 1.57. The fourth-order valence-electron chi connectivity index (χ4n) is 5.27. The number of aliphatic hydroxyl groups excluding tert-OH is 1. The SMILES string of the molecule is C[C@@H]1CN(CCCC2(CO)CCCC2)CC[C@]1(C)c1cccc(C(N)=O)c1. The van der Waals surface area contributed by atoms with Gasteiger partial charge in [-0.2, -0.15) is 0 Å². The summed E-state index contributed by atoms with van der Waals surface area (Å²) in [7, 11) is 0. The molecule has 0 aromatic heterocycles. The highest BCUT2D eigenvalue weighted by Crippen LogP contribution is 2.42. The minimum absolute atomic E-state index is 0.0831. The number of piperidine rings is 1. The summed E-state index contributed by atoms with van der Waals surface area (Å²) in [5.41, 5.74) is 7.61. The van der Waals surface area contributed by atoms with Crippen LogP contribution in [0.5, 0.6) is 0 Å². The second kappa shape index (κ2) is 8.32. The van der Waals surface area contributed by atoms with Crippen molar-refractivity contribution in [2.45, 2.75) is 64.2 Å². The van der Waals surface area contributed by atoms with E-state index in [1.807, 2.05) is 12.1 Å². The predicted octanol–water partition coefficient (Wildman–Crippen LogP) is 3.72. The van der Waals surface area contributed by atoms with Gasteiger partial charge in [-0.05, 0) is 79.6 Å². The molecule has 0 unspecified atom stereocenters. The number of aliphatic hydroxyl groups is 1. The Labute approximate surface area is 164 Å². The monoisotopic (exact) mass is 372 g/mol. The predicted molar refractivity (Wildman–Crippen MR) is 110 cm³/mol. The van der Waals surface area contributed by atoms with Crippen LogP contribution in [0.2, 0.25) is 0 Å². The summed E-state index contributed by atoms with van der Waals surface area (Å²) in [4.78, 5) is 14.1. The maximum atomic E-state index is 11.5. The Morgan fingerprint density at radius 1 is 1.30 bits per heavy atom. The van der Waals surface area contributed by atoms with E-state index >= 15 is 0 Å². The molecule has 1 saturated heterocycles. The van der Waals surface area contributed by atoms with Crippen molar-refractivity contribution < 1.29 is 9.90 Å². The number of carbonyl (C=O) groups is 1. The molecule has 0 bridgehead atoms. The Hall–Kier alpha value is -1.39. The van der Waals surface area contributed by atoms with E-state index in [0.717, 1.165) is 32.5 Å². The second-order valence-corrected chi connectivity index (χ2v) is 9.28. The van der Waals surface area contributed by atoms with Crippen LogP contribution in [0, 0.1) is 11.3 Å². The van der Waals surface area contributed by atoms with E-state index in [2.05, 4.69) is 24.8 Å². The molecule has 4 nitrogen and oxygen atoms in total. The van der Waals surface area contributed by atoms with Crippen molar-refractivity contribution in [1.29, 1.82) is 0 Å². The molecule has 3 N–H and O–H groups in total. The molecule has 1 aromatic rings. The van der Waals surface area contributed by atoms with Crippen molar-refractivity contribution in [2.75, 3.05) is 26.2 Å². The van der Waals surface area contributed by atoms with E-state index < -0.39 is 0 Å². The molecule has 4 heteroatoms. The average Bonchev–Trinajstić information content (AvgIpc) is 3.14. The minimum Gasteiger partial charge on any atom is -0.396 e. The zero-order valence-electron chi connectivity index (χ0n) is 17.0. The molecule has 2 atom stereocenters. The highest BCUT2D eigenvalue weighted by Gasteiger charge is 2.38. The number of carbonyl (C=O) groups excluding carboxylic acids is 1. The van der Waals surface area contributed by atoms with Crippen molar-refractivity contribution in [1.82, 2.24) is 4.90 Å². The van der Waals surface area contributed by atoms with Crippen LogP contribution < -0.4 is 5.73 Å². The third kappa shape index (κ3) is 4.38. The second-order valence-electron chi connectivity index (χ2n) is 9.28. The van der Waals surface area contributed by atoms with Crippen LogP contribution in [0.15, 0.2) is 24.3 Å². The van der Waals surface area contributed by atoms with Crippen LogP contribution in [-0.4, -0.2) is 42.2 Å². The quantitative estimate of drug-likeness (QED) is 0.766. The molecular weight excluding hydrogens is 336 g/mol. The Morgan fingerprint density at radius 3 is 2.67 bits per heavy atom. The fraction of sp³-hybridized carbons (Fsp3) is 0.696. The van der Waals surface area contributed by atoms with Gasteiger partial charge < -0.3 is 15.7 Å². The number of nitrogens with two attached hydrogens (primary N) is 1. The lowest BCUT2D eigenvalue weighted by molar-refractivity contribution is 0.0895. The molecule has 2 aliphatic rings. The molecule has 150 valence electrons. The topological polar surface area (TPSA) is 66.6 Å². The molecule has 1 aliphatic heterocycles. The third-order valence-electron chi connectivity index (χ3n) is 7.55. The van der Waals surface area contributed by atoms with Crippen LogP contribution in [-0.2, 0) is 5.41 Å². The van der Waals surface area contributed by atoms with E-state index in [-0.39, 0.29) is 16.7 Å². The molecule has 2 fully saturated rings. The summed E-state index contributed by atoms with van der Waals surface area (Å²) in [6, 6.07) is 7.88. The molecule has 1 amide bonds. The van der Waals surface area contributed by atoms with Crippen LogP contribution in [0.1, 0.15) is 74.7 Å². The normalized spacial score (nSPS) is 28.3. The lowest BCUT2D eigenvalue weighted by Gasteiger charge is -2.45. The summed E-state index contributed by atoms with van der Waals surface area (Å²) < 4.78 is 0. The Kier molecular flexibility index (Phi) is 6.27. The highest BCUT2D eigenvalue weighted by atomic mass is 16.3. The summed E-state index contributed by atoms with van der Waals surface area (Å²) in [5.74, 6) is 0.169. The average molecular weight is 373 g/mol. The van der Waals surface area contributed by atoms with Crippen LogP contribution in [0.25, 0.3) is 0 Å². The van der Waals surface area contributed by atoms with Crippen molar-refractivity contribution in [3.8, 4) is 0 Å². The third-order valence-corrected chi connectivity index (χ3v) is 7.55. The number of hydrogen-bond acceptors (Lipinski definition) is 3. The Bertz CT molecular complexity index is 654. The molecule has 27 heavy (non-hydrogen) atoms. The minimum atomic E-state index is -0.352. The highest BCUT2D eigenvalue weighted by molar-refractivity contribution is 5.92. The molecule has 3 rings (SSSR count). The smallest absolute Gasteiger partial charge is 0.248 e. The van der Waals surface area contributed by atoms with Crippen LogP contribution in [0.4, 0.5) is 0 Å². The molecular formula is C23H36N2O2. The molecule has 1 aliphatic carbocycles. The van der Waals surface area contributed by atoms with Gasteiger partial charge in [-0.15, -0.1) is 0 Å². The van der Waals surface area contributed by atoms with Crippen molar-refractivity contribution in [3.05, 3.63) is 35.4 Å². The van der Waals surface area contributed by atoms with Gasteiger partial charge in [0.1, 0.15) is 0 Å². The van der Waals surface area contributed by atoms with Gasteiger partial charge in [0.2, 0.25) is 5.91 Å². The fourth-order valence-corrected chi connectivity index (χ4v) is 5.27.